The van der Waals surface area contributed by atoms with Gasteiger partial charge in [-0.15, -0.1) is 0 Å². The van der Waals surface area contributed by atoms with E-state index in [-0.39, 0.29) is 0 Å². The fourth-order valence-electron chi connectivity index (χ4n) is 0.790. The summed E-state index contributed by atoms with van der Waals surface area (Å²) in [5.41, 5.74) is 0. The first-order valence-electron chi connectivity index (χ1n) is 2.50. The van der Waals surface area contributed by atoms with Crippen molar-refractivity contribution in [1.29, 1.82) is 0 Å². The molecule has 1 rings (SSSR count). The molecule has 2 atom stereocenters. The van der Waals surface area contributed by atoms with E-state index in [2.05, 4.69) is 31.7 Å². The lowest BCUT2D eigenvalue weighted by Crippen LogP contribution is -1.92. The minimum absolute atomic E-state index is 0.516. The molecule has 1 aliphatic rings. The maximum absolute atomic E-state index is 4.25. The maximum Gasteiger partial charge on any atom is 0.00594 e. The molecule has 1 radical (unpaired) electrons. The van der Waals surface area contributed by atoms with E-state index in [4.69, 9.17) is 0 Å². The van der Waals surface area contributed by atoms with Gasteiger partial charge < -0.3 is 0 Å². The average molecular weight is 133 g/mol. The molecule has 0 heterocycles. The second-order valence-corrected chi connectivity index (χ2v) is 3.23. The van der Waals surface area contributed by atoms with Crippen LogP contribution in [0.5, 0.6) is 0 Å². The van der Waals surface area contributed by atoms with Crippen LogP contribution in [0.4, 0.5) is 0 Å². The van der Waals surface area contributed by atoms with Crippen molar-refractivity contribution in [2.45, 2.75) is 23.3 Å². The van der Waals surface area contributed by atoms with Crippen LogP contribution >= 0.6 is 25.3 Å². The molecule has 0 nitrogen and oxygen atoms in total. The molecular formula is C5H9S2. The van der Waals surface area contributed by atoms with Gasteiger partial charge in [-0.1, -0.05) is 0 Å². The predicted octanol–water partition coefficient (Wildman–Crippen LogP) is 1.58. The second-order valence-electron chi connectivity index (χ2n) is 1.90. The molecule has 0 N–H and O–H groups in total. The largest absolute Gasteiger partial charge is 0.176 e. The van der Waals surface area contributed by atoms with Gasteiger partial charge in [0.05, 0.1) is 0 Å². The first-order chi connectivity index (χ1) is 3.29. The van der Waals surface area contributed by atoms with Gasteiger partial charge in [-0.3, -0.25) is 0 Å². The summed E-state index contributed by atoms with van der Waals surface area (Å²) < 4.78 is 0. The van der Waals surface area contributed by atoms with E-state index in [1.54, 1.807) is 0 Å². The van der Waals surface area contributed by atoms with Crippen molar-refractivity contribution in [1.82, 2.24) is 0 Å². The zero-order valence-electron chi connectivity index (χ0n) is 4.04. The second kappa shape index (κ2) is 2.31. The van der Waals surface area contributed by atoms with Gasteiger partial charge in [0.2, 0.25) is 0 Å². The third-order valence-corrected chi connectivity index (χ3v) is 2.06. The molecule has 0 bridgehead atoms. The topological polar surface area (TPSA) is 0 Å². The average Bonchev–Trinajstić information content (AvgIpc) is 1.87. The molecule has 2 heteroatoms. The van der Waals surface area contributed by atoms with Crippen molar-refractivity contribution in [2.75, 3.05) is 0 Å². The summed E-state index contributed by atoms with van der Waals surface area (Å²) in [6, 6.07) is 0. The van der Waals surface area contributed by atoms with E-state index >= 15 is 0 Å². The molecule has 0 aliphatic heterocycles. The van der Waals surface area contributed by atoms with Crippen molar-refractivity contribution < 1.29 is 0 Å². The normalized spacial score (nSPS) is 42.0. The third-order valence-electron chi connectivity index (χ3n) is 1.20. The van der Waals surface area contributed by atoms with Crippen LogP contribution in [0, 0.1) is 6.42 Å². The molecule has 0 amide bonds. The van der Waals surface area contributed by atoms with Gasteiger partial charge in [-0.25, -0.2) is 0 Å². The van der Waals surface area contributed by atoms with Crippen LogP contribution in [-0.4, -0.2) is 10.5 Å². The standard InChI is InChI=1S/C5H9S2/c6-4-1-2-5(7)3-4/h3-7H,1-2H2. The molecule has 1 saturated carbocycles. The van der Waals surface area contributed by atoms with Crippen LogP contribution in [0.25, 0.3) is 0 Å². The molecule has 7 heavy (non-hydrogen) atoms. The number of hydrogen-bond acceptors (Lipinski definition) is 2. The van der Waals surface area contributed by atoms with Crippen molar-refractivity contribution in [3.8, 4) is 0 Å². The van der Waals surface area contributed by atoms with E-state index in [0.29, 0.717) is 10.5 Å². The fourth-order valence-corrected chi connectivity index (χ4v) is 1.64. The Morgan fingerprint density at radius 3 is 1.71 bits per heavy atom. The number of rotatable bonds is 0. The highest BCUT2D eigenvalue weighted by Crippen LogP contribution is 2.25. The summed E-state index contributed by atoms with van der Waals surface area (Å²) in [4.78, 5) is 0. The van der Waals surface area contributed by atoms with Gasteiger partial charge >= 0.3 is 0 Å². The van der Waals surface area contributed by atoms with E-state index in [0.717, 1.165) is 0 Å². The van der Waals surface area contributed by atoms with E-state index in [1.165, 1.54) is 12.8 Å². The molecule has 0 spiro atoms. The smallest absolute Gasteiger partial charge is 0.00594 e. The first-order valence-corrected chi connectivity index (χ1v) is 3.53. The summed E-state index contributed by atoms with van der Waals surface area (Å²) in [6.45, 7) is 0. The summed E-state index contributed by atoms with van der Waals surface area (Å²) in [7, 11) is 0. The van der Waals surface area contributed by atoms with Crippen molar-refractivity contribution in [2.24, 2.45) is 0 Å². The zero-order chi connectivity index (χ0) is 5.28. The third kappa shape index (κ3) is 1.57. The summed E-state index contributed by atoms with van der Waals surface area (Å²) >= 11 is 8.49. The van der Waals surface area contributed by atoms with Crippen molar-refractivity contribution >= 4 is 25.3 Å². The zero-order valence-corrected chi connectivity index (χ0v) is 5.83. The number of thiol groups is 2. The lowest BCUT2D eigenvalue weighted by molar-refractivity contribution is 0.907. The van der Waals surface area contributed by atoms with Crippen LogP contribution in [0.2, 0.25) is 0 Å². The molecule has 2 unspecified atom stereocenters. The monoisotopic (exact) mass is 133 g/mol. The Labute approximate surface area is 55.5 Å². The molecule has 1 aliphatic carbocycles. The summed E-state index contributed by atoms with van der Waals surface area (Å²) in [6.07, 6.45) is 4.58. The van der Waals surface area contributed by atoms with Gasteiger partial charge in [-0.05, 0) is 19.3 Å². The summed E-state index contributed by atoms with van der Waals surface area (Å²) in [5.74, 6) is 0. The van der Waals surface area contributed by atoms with Crippen LogP contribution < -0.4 is 0 Å². The molecule has 0 aromatic carbocycles. The Morgan fingerprint density at radius 2 is 1.57 bits per heavy atom. The Morgan fingerprint density at radius 1 is 1.14 bits per heavy atom. The van der Waals surface area contributed by atoms with Gasteiger partial charge in [0.1, 0.15) is 0 Å². The molecule has 0 aromatic heterocycles. The van der Waals surface area contributed by atoms with Crippen LogP contribution in [0.1, 0.15) is 12.8 Å². The predicted molar refractivity (Wildman–Crippen MR) is 39.1 cm³/mol. The Hall–Kier alpha value is 0.700. The maximum atomic E-state index is 4.25. The SMILES string of the molecule is SC1[CH]C(S)CC1. The summed E-state index contributed by atoms with van der Waals surface area (Å²) in [5, 5.41) is 1.03. The Kier molecular flexibility index (Phi) is 1.93. The van der Waals surface area contributed by atoms with E-state index < -0.39 is 0 Å². The fraction of sp³-hybridized carbons (Fsp3) is 0.800. The Bertz CT molecular complexity index is 55.1. The molecule has 0 saturated heterocycles. The van der Waals surface area contributed by atoms with Gasteiger partial charge in [0.15, 0.2) is 0 Å². The molecule has 41 valence electrons. The highest BCUT2D eigenvalue weighted by molar-refractivity contribution is 7.82. The lowest BCUT2D eigenvalue weighted by Gasteiger charge is -1.94. The van der Waals surface area contributed by atoms with E-state index in [1.807, 2.05) is 0 Å². The Balaban J connectivity index is 2.26. The minimum atomic E-state index is 0.516. The molecule has 1 fully saturated rings. The molecular weight excluding hydrogens is 124 g/mol. The first kappa shape index (κ1) is 5.83. The van der Waals surface area contributed by atoms with Gasteiger partial charge in [-0.2, -0.15) is 25.3 Å². The number of hydrogen-bond donors (Lipinski definition) is 2. The van der Waals surface area contributed by atoms with Crippen LogP contribution in [-0.2, 0) is 0 Å². The highest BCUT2D eigenvalue weighted by atomic mass is 32.1. The van der Waals surface area contributed by atoms with Crippen molar-refractivity contribution in [3.63, 3.8) is 0 Å². The highest BCUT2D eigenvalue weighted by Gasteiger charge is 2.18. The molecule has 0 aromatic rings. The van der Waals surface area contributed by atoms with Crippen molar-refractivity contribution in [3.05, 3.63) is 6.42 Å². The quantitative estimate of drug-likeness (QED) is 0.461. The van der Waals surface area contributed by atoms with Crippen LogP contribution in [0.15, 0.2) is 0 Å². The van der Waals surface area contributed by atoms with E-state index in [9.17, 15) is 0 Å². The lowest BCUT2D eigenvalue weighted by atomic mass is 10.4. The minimum Gasteiger partial charge on any atom is -0.176 e. The van der Waals surface area contributed by atoms with Crippen LogP contribution in [0.3, 0.4) is 0 Å². The van der Waals surface area contributed by atoms with Gasteiger partial charge in [0, 0.05) is 10.5 Å². The van der Waals surface area contributed by atoms with Gasteiger partial charge in [0.25, 0.3) is 0 Å².